The molecule has 0 saturated carbocycles. The molecule has 1 aromatic heterocycles. The van der Waals surface area contributed by atoms with Gasteiger partial charge in [0.25, 0.3) is 0 Å². The Morgan fingerprint density at radius 1 is 0.875 bits per heavy atom. The Balaban J connectivity index is 1.55. The number of aromatic amines is 1. The van der Waals surface area contributed by atoms with Crippen LogP contribution in [0.15, 0.2) is 71.6 Å². The van der Waals surface area contributed by atoms with Gasteiger partial charge in [-0.1, -0.05) is 36.4 Å². The molecule has 0 radical (unpaired) electrons. The first-order valence-electron chi connectivity index (χ1n) is 9.93. The van der Waals surface area contributed by atoms with Crippen LogP contribution in [0.4, 0.5) is 5.69 Å². The normalized spacial score (nSPS) is 12.2. The van der Waals surface area contributed by atoms with Crippen molar-refractivity contribution in [1.82, 2.24) is 9.97 Å². The number of anilines is 1. The van der Waals surface area contributed by atoms with Crippen molar-refractivity contribution >= 4 is 36.6 Å². The fourth-order valence-electron chi connectivity index (χ4n) is 3.54. The van der Waals surface area contributed by atoms with Gasteiger partial charge >= 0.3 is 0 Å². The maximum atomic E-state index is 11.7. The highest BCUT2D eigenvalue weighted by Crippen LogP contribution is 2.30. The van der Waals surface area contributed by atoms with Crippen molar-refractivity contribution in [3.63, 3.8) is 0 Å². The number of fused-ring (bicyclic) bond motifs is 1. The van der Waals surface area contributed by atoms with Crippen molar-refractivity contribution in [2.24, 2.45) is 0 Å². The van der Waals surface area contributed by atoms with Gasteiger partial charge in [0, 0.05) is 18.2 Å². The van der Waals surface area contributed by atoms with Crippen LogP contribution in [-0.4, -0.2) is 39.3 Å². The molecule has 4 aromatic rings. The second-order valence-electron chi connectivity index (χ2n) is 7.75. The summed E-state index contributed by atoms with van der Waals surface area (Å²) in [6.45, 7) is 0. The zero-order valence-corrected chi connectivity index (χ0v) is 19.3. The quantitative estimate of drug-likeness (QED) is 0.428. The molecule has 0 aliphatic carbocycles. The lowest BCUT2D eigenvalue weighted by Gasteiger charge is -2.10. The van der Waals surface area contributed by atoms with Crippen molar-refractivity contribution in [2.75, 3.05) is 17.2 Å². The molecule has 0 aliphatic heterocycles. The zero-order chi connectivity index (χ0) is 22.9. The Labute approximate surface area is 187 Å². The largest absolute Gasteiger partial charge is 0.342 e. The Morgan fingerprint density at radius 2 is 1.59 bits per heavy atom. The topological polar surface area (TPSA) is 109 Å². The van der Waals surface area contributed by atoms with E-state index in [1.165, 1.54) is 6.26 Å². The highest BCUT2D eigenvalue weighted by atomic mass is 32.2. The summed E-state index contributed by atoms with van der Waals surface area (Å²) in [5.41, 5.74) is 4.88. The fourth-order valence-corrected chi connectivity index (χ4v) is 4.75. The van der Waals surface area contributed by atoms with Crippen molar-refractivity contribution in [3.05, 3.63) is 78.1 Å². The third kappa shape index (κ3) is 5.17. The van der Waals surface area contributed by atoms with Crippen molar-refractivity contribution in [2.45, 2.75) is 17.7 Å². The summed E-state index contributed by atoms with van der Waals surface area (Å²) in [7, 11) is -6.60. The minimum Gasteiger partial charge on any atom is -0.342 e. The van der Waals surface area contributed by atoms with Crippen molar-refractivity contribution in [1.29, 1.82) is 0 Å². The summed E-state index contributed by atoms with van der Waals surface area (Å²) < 4.78 is 49.1. The molecule has 0 amide bonds. The van der Waals surface area contributed by atoms with Gasteiger partial charge < -0.3 is 4.98 Å². The van der Waals surface area contributed by atoms with Gasteiger partial charge in [-0.2, -0.15) is 0 Å². The van der Waals surface area contributed by atoms with Gasteiger partial charge in [0.05, 0.1) is 27.9 Å². The fraction of sp³-hybridized carbons (Fsp3) is 0.174. The molecule has 32 heavy (non-hydrogen) atoms. The molecule has 1 heterocycles. The number of benzene rings is 3. The summed E-state index contributed by atoms with van der Waals surface area (Å²) in [5, 5.41) is 0. The second-order valence-corrected chi connectivity index (χ2v) is 11.5. The van der Waals surface area contributed by atoms with Gasteiger partial charge in [-0.25, -0.2) is 21.8 Å². The smallest absolute Gasteiger partial charge is 0.229 e. The Kier molecular flexibility index (Phi) is 5.79. The minimum atomic E-state index is -3.39. The number of H-pyrrole nitrogens is 1. The molecule has 0 fully saturated rings. The molecule has 9 heteroatoms. The van der Waals surface area contributed by atoms with E-state index in [-0.39, 0.29) is 0 Å². The molecule has 2 N–H and O–H groups in total. The van der Waals surface area contributed by atoms with E-state index in [4.69, 9.17) is 0 Å². The molecule has 4 rings (SSSR count). The lowest BCUT2D eigenvalue weighted by molar-refractivity contribution is 0.601. The maximum Gasteiger partial charge on any atom is 0.229 e. The second kappa shape index (κ2) is 8.40. The molecule has 0 aliphatic rings. The van der Waals surface area contributed by atoms with Gasteiger partial charge in [0.2, 0.25) is 10.0 Å². The third-order valence-corrected chi connectivity index (χ3v) is 6.79. The van der Waals surface area contributed by atoms with E-state index < -0.39 is 19.9 Å². The molecule has 0 saturated heterocycles. The molecule has 0 bridgehead atoms. The highest BCUT2D eigenvalue weighted by Gasteiger charge is 2.11. The number of rotatable bonds is 7. The first-order chi connectivity index (χ1) is 15.1. The van der Waals surface area contributed by atoms with Gasteiger partial charge in [0.15, 0.2) is 9.84 Å². The SMILES string of the molecule is CS(=O)(=O)Nc1ccccc1-c1ccc2nc(CCc3ccc(S(C)(=O)=O)cc3)[nH]c2c1. The first kappa shape index (κ1) is 22.0. The number of sulfonamides is 1. The molecule has 166 valence electrons. The predicted molar refractivity (Wildman–Crippen MR) is 127 cm³/mol. The predicted octanol–water partition coefficient (Wildman–Crippen LogP) is 3.79. The van der Waals surface area contributed by atoms with Gasteiger partial charge in [0.1, 0.15) is 5.82 Å². The van der Waals surface area contributed by atoms with Crippen LogP contribution < -0.4 is 4.72 Å². The number of para-hydroxylation sites is 1. The zero-order valence-electron chi connectivity index (χ0n) is 17.7. The number of aryl methyl sites for hydroxylation is 2. The van der Waals surface area contributed by atoms with Crippen LogP contribution in [0.3, 0.4) is 0 Å². The molecule has 3 aromatic carbocycles. The van der Waals surface area contributed by atoms with E-state index >= 15 is 0 Å². The van der Waals surface area contributed by atoms with Crippen LogP contribution in [0.5, 0.6) is 0 Å². The molecule has 7 nitrogen and oxygen atoms in total. The summed E-state index contributed by atoms with van der Waals surface area (Å²) in [6, 6.07) is 19.9. The molecule has 0 atom stereocenters. The van der Waals surface area contributed by atoms with Crippen LogP contribution in [0, 0.1) is 0 Å². The van der Waals surface area contributed by atoms with Crippen LogP contribution >= 0.6 is 0 Å². The number of hydrogen-bond acceptors (Lipinski definition) is 5. The average Bonchev–Trinajstić information content (AvgIpc) is 3.13. The van der Waals surface area contributed by atoms with Gasteiger partial charge in [-0.15, -0.1) is 0 Å². The first-order valence-corrected chi connectivity index (χ1v) is 13.7. The minimum absolute atomic E-state index is 0.308. The number of hydrogen-bond donors (Lipinski definition) is 2. The summed E-state index contributed by atoms with van der Waals surface area (Å²) >= 11 is 0. The lowest BCUT2D eigenvalue weighted by Crippen LogP contribution is -2.10. The Hall–Kier alpha value is -3.17. The van der Waals surface area contributed by atoms with Crippen LogP contribution in [0.1, 0.15) is 11.4 Å². The van der Waals surface area contributed by atoms with Crippen LogP contribution in [0.2, 0.25) is 0 Å². The monoisotopic (exact) mass is 469 g/mol. The molecule has 0 unspecified atom stereocenters. The number of sulfone groups is 1. The van der Waals surface area contributed by atoms with Crippen LogP contribution in [-0.2, 0) is 32.7 Å². The highest BCUT2D eigenvalue weighted by molar-refractivity contribution is 7.92. The van der Waals surface area contributed by atoms with E-state index in [9.17, 15) is 16.8 Å². The standard InChI is InChI=1S/C23H23N3O4S2/c1-31(27,28)18-11-7-16(8-12-18)9-14-23-24-21-13-10-17(15-22(21)25-23)19-5-3-4-6-20(19)26-32(2,29)30/h3-8,10-13,15,26H,9,14H2,1-2H3,(H,24,25). The summed E-state index contributed by atoms with van der Waals surface area (Å²) in [5.74, 6) is 0.826. The maximum absolute atomic E-state index is 11.7. The average molecular weight is 470 g/mol. The lowest BCUT2D eigenvalue weighted by atomic mass is 10.0. The number of imidazole rings is 1. The Bertz CT molecular complexity index is 1490. The van der Waals surface area contributed by atoms with Gasteiger partial charge in [-0.05, 0) is 47.9 Å². The van der Waals surface area contributed by atoms with E-state index in [1.807, 2.05) is 42.5 Å². The number of nitrogens with zero attached hydrogens (tertiary/aromatic N) is 1. The summed E-state index contributed by atoms with van der Waals surface area (Å²) in [4.78, 5) is 8.28. The van der Waals surface area contributed by atoms with E-state index in [2.05, 4.69) is 14.7 Å². The van der Waals surface area contributed by atoms with Gasteiger partial charge in [-0.3, -0.25) is 4.72 Å². The summed E-state index contributed by atoms with van der Waals surface area (Å²) in [6.07, 6.45) is 3.72. The molecular formula is C23H23N3O4S2. The van der Waals surface area contributed by atoms with Crippen LogP contribution in [0.25, 0.3) is 22.2 Å². The third-order valence-electron chi connectivity index (χ3n) is 5.07. The van der Waals surface area contributed by atoms with E-state index in [0.29, 0.717) is 17.0 Å². The molecular weight excluding hydrogens is 446 g/mol. The van der Waals surface area contributed by atoms with E-state index in [1.54, 1.807) is 24.3 Å². The van der Waals surface area contributed by atoms with Crippen molar-refractivity contribution < 1.29 is 16.8 Å². The Morgan fingerprint density at radius 3 is 2.28 bits per heavy atom. The number of nitrogens with one attached hydrogen (secondary N) is 2. The number of aromatic nitrogens is 2. The van der Waals surface area contributed by atoms with E-state index in [0.717, 1.165) is 46.2 Å². The van der Waals surface area contributed by atoms with Crippen molar-refractivity contribution in [3.8, 4) is 11.1 Å². The molecule has 0 spiro atoms.